The highest BCUT2D eigenvalue weighted by Crippen LogP contribution is 2.24. The van der Waals surface area contributed by atoms with Crippen LogP contribution in [0.25, 0.3) is 0 Å². The van der Waals surface area contributed by atoms with Crippen LogP contribution in [0.15, 0.2) is 24.3 Å². The van der Waals surface area contributed by atoms with Crippen molar-refractivity contribution in [3.63, 3.8) is 0 Å². The number of aryl methyl sites for hydroxylation is 1. The second kappa shape index (κ2) is 7.84. The smallest absolute Gasteiger partial charge is 0.342 e. The van der Waals surface area contributed by atoms with Gasteiger partial charge in [-0.15, -0.1) is 0 Å². The van der Waals surface area contributed by atoms with Gasteiger partial charge in [0.15, 0.2) is 6.61 Å². The number of phenolic OH excluding ortho intramolecular Hbond substituents is 2. The van der Waals surface area contributed by atoms with Gasteiger partial charge < -0.3 is 24.3 Å². The van der Waals surface area contributed by atoms with Crippen LogP contribution in [0.5, 0.6) is 11.5 Å². The van der Waals surface area contributed by atoms with Crippen molar-refractivity contribution >= 4 is 11.8 Å². The molecule has 0 saturated carbocycles. The molecule has 3 rings (SSSR count). The lowest BCUT2D eigenvalue weighted by molar-refractivity contribution is 0.0471. The minimum Gasteiger partial charge on any atom is -0.508 e. The molecule has 1 aliphatic rings. The SMILES string of the molecule is Cc1cc(C(=O)COC(=O)c2ccc(O)cc2O)c(C)n1C[C@H]1CCCO1. The standard InChI is InChI=1S/C20H23NO6/c1-12-8-17(13(2)21(12)10-15-4-3-7-26-15)19(24)11-27-20(25)16-6-5-14(22)9-18(16)23/h5-6,8-9,15,22-23H,3-4,7,10-11H2,1-2H3/t15-/m1/s1. The molecule has 1 aromatic heterocycles. The lowest BCUT2D eigenvalue weighted by atomic mass is 10.1. The van der Waals surface area contributed by atoms with Gasteiger partial charge in [0.25, 0.3) is 0 Å². The van der Waals surface area contributed by atoms with Gasteiger partial charge in [0.05, 0.1) is 6.10 Å². The maximum atomic E-state index is 12.5. The molecule has 1 aliphatic heterocycles. The van der Waals surface area contributed by atoms with Crippen molar-refractivity contribution in [2.75, 3.05) is 13.2 Å². The maximum Gasteiger partial charge on any atom is 0.342 e. The van der Waals surface area contributed by atoms with Gasteiger partial charge in [0.1, 0.15) is 17.1 Å². The minimum absolute atomic E-state index is 0.107. The number of ketones is 1. The minimum atomic E-state index is -0.825. The first-order valence-corrected chi connectivity index (χ1v) is 8.87. The average molecular weight is 373 g/mol. The molecule has 0 spiro atoms. The first kappa shape index (κ1) is 19.0. The summed E-state index contributed by atoms with van der Waals surface area (Å²) in [5.74, 6) is -1.71. The van der Waals surface area contributed by atoms with Gasteiger partial charge in [0, 0.05) is 36.2 Å². The highest BCUT2D eigenvalue weighted by molar-refractivity contribution is 6.01. The van der Waals surface area contributed by atoms with Crippen LogP contribution in [-0.2, 0) is 16.0 Å². The summed E-state index contributed by atoms with van der Waals surface area (Å²) in [5.41, 5.74) is 2.17. The highest BCUT2D eigenvalue weighted by atomic mass is 16.5. The monoisotopic (exact) mass is 373 g/mol. The van der Waals surface area contributed by atoms with Crippen molar-refractivity contribution in [1.29, 1.82) is 0 Å². The van der Waals surface area contributed by atoms with E-state index in [0.717, 1.165) is 36.9 Å². The Morgan fingerprint density at radius 3 is 2.67 bits per heavy atom. The van der Waals surface area contributed by atoms with E-state index in [2.05, 4.69) is 4.57 Å². The molecule has 1 fully saturated rings. The lowest BCUT2D eigenvalue weighted by Gasteiger charge is -2.14. The van der Waals surface area contributed by atoms with Gasteiger partial charge in [-0.1, -0.05) is 0 Å². The third-order valence-corrected chi connectivity index (χ3v) is 4.82. The average Bonchev–Trinajstić information content (AvgIpc) is 3.23. The molecule has 0 bridgehead atoms. The van der Waals surface area contributed by atoms with Gasteiger partial charge >= 0.3 is 5.97 Å². The van der Waals surface area contributed by atoms with Crippen molar-refractivity contribution in [1.82, 2.24) is 4.57 Å². The van der Waals surface area contributed by atoms with Crippen molar-refractivity contribution in [2.24, 2.45) is 0 Å². The molecule has 1 atom stereocenters. The molecule has 0 unspecified atom stereocenters. The number of esters is 1. The third-order valence-electron chi connectivity index (χ3n) is 4.82. The van der Waals surface area contributed by atoms with E-state index in [4.69, 9.17) is 9.47 Å². The number of aromatic hydroxyl groups is 2. The number of hydrogen-bond acceptors (Lipinski definition) is 6. The van der Waals surface area contributed by atoms with Crippen LogP contribution in [-0.4, -0.2) is 45.9 Å². The summed E-state index contributed by atoms with van der Waals surface area (Å²) >= 11 is 0. The quantitative estimate of drug-likeness (QED) is 0.597. The van der Waals surface area contributed by atoms with E-state index in [1.807, 2.05) is 13.8 Å². The number of rotatable bonds is 6. The second-order valence-corrected chi connectivity index (χ2v) is 6.73. The lowest BCUT2D eigenvalue weighted by Crippen LogP contribution is -2.18. The molecule has 144 valence electrons. The molecule has 27 heavy (non-hydrogen) atoms. The molecule has 2 heterocycles. The van der Waals surface area contributed by atoms with Crippen molar-refractivity contribution in [3.05, 3.63) is 46.8 Å². The van der Waals surface area contributed by atoms with E-state index < -0.39 is 18.3 Å². The zero-order chi connectivity index (χ0) is 19.6. The number of carbonyl (C=O) groups is 2. The van der Waals surface area contributed by atoms with Gasteiger partial charge in [-0.2, -0.15) is 0 Å². The Balaban J connectivity index is 1.66. The topological polar surface area (TPSA) is 98.0 Å². The number of ether oxygens (including phenoxy) is 2. The van der Waals surface area contributed by atoms with E-state index in [0.29, 0.717) is 12.1 Å². The molecule has 1 aromatic carbocycles. The van der Waals surface area contributed by atoms with Crippen molar-refractivity contribution in [3.8, 4) is 11.5 Å². The van der Waals surface area contributed by atoms with Gasteiger partial charge in [-0.25, -0.2) is 4.79 Å². The van der Waals surface area contributed by atoms with E-state index in [1.54, 1.807) is 6.07 Å². The summed E-state index contributed by atoms with van der Waals surface area (Å²) < 4.78 is 12.8. The van der Waals surface area contributed by atoms with Crippen LogP contribution in [0, 0.1) is 13.8 Å². The number of phenols is 2. The predicted octanol–water partition coefficient (Wildman–Crippen LogP) is 2.73. The second-order valence-electron chi connectivity index (χ2n) is 6.73. The molecule has 7 nitrogen and oxygen atoms in total. The fourth-order valence-electron chi connectivity index (χ4n) is 3.34. The molecule has 1 saturated heterocycles. The van der Waals surface area contributed by atoms with Crippen LogP contribution in [0.3, 0.4) is 0 Å². The van der Waals surface area contributed by atoms with Crippen LogP contribution in [0.1, 0.15) is 44.9 Å². The zero-order valence-corrected chi connectivity index (χ0v) is 15.4. The third kappa shape index (κ3) is 4.14. The summed E-state index contributed by atoms with van der Waals surface area (Å²) in [6.45, 7) is 4.84. The van der Waals surface area contributed by atoms with Crippen LogP contribution in [0.2, 0.25) is 0 Å². The van der Waals surface area contributed by atoms with Crippen LogP contribution < -0.4 is 0 Å². The Morgan fingerprint density at radius 2 is 2.00 bits per heavy atom. The largest absolute Gasteiger partial charge is 0.508 e. The first-order chi connectivity index (χ1) is 12.9. The van der Waals surface area contributed by atoms with Crippen LogP contribution >= 0.6 is 0 Å². The molecule has 2 N–H and O–H groups in total. The summed E-state index contributed by atoms with van der Waals surface area (Å²) in [6, 6.07) is 5.33. The number of aromatic nitrogens is 1. The van der Waals surface area contributed by atoms with Gasteiger partial charge in [-0.3, -0.25) is 4.79 Å². The van der Waals surface area contributed by atoms with Crippen LogP contribution in [0.4, 0.5) is 0 Å². The molecule has 7 heteroatoms. The Hall–Kier alpha value is -2.80. The number of carbonyl (C=O) groups excluding carboxylic acids is 2. The first-order valence-electron chi connectivity index (χ1n) is 8.87. The van der Waals surface area contributed by atoms with Gasteiger partial charge in [-0.05, 0) is 44.9 Å². The molecule has 0 amide bonds. The molecular formula is C20H23NO6. The highest BCUT2D eigenvalue weighted by Gasteiger charge is 2.22. The van der Waals surface area contributed by atoms with Crippen molar-refractivity contribution in [2.45, 2.75) is 39.3 Å². The normalized spacial score (nSPS) is 16.4. The number of Topliss-reactive ketones (excluding diaryl/α,β-unsaturated/α-hetero) is 1. The van der Waals surface area contributed by atoms with Gasteiger partial charge in [0.2, 0.25) is 5.78 Å². The van der Waals surface area contributed by atoms with E-state index in [9.17, 15) is 19.8 Å². The summed E-state index contributed by atoms with van der Waals surface area (Å²) in [6.07, 6.45) is 2.22. The predicted molar refractivity (Wildman–Crippen MR) is 97.3 cm³/mol. The summed E-state index contributed by atoms with van der Waals surface area (Å²) in [5, 5.41) is 19.0. The van der Waals surface area contributed by atoms with Crippen molar-refractivity contribution < 1.29 is 29.3 Å². The Morgan fingerprint density at radius 1 is 1.22 bits per heavy atom. The Labute approximate surface area is 157 Å². The zero-order valence-electron chi connectivity index (χ0n) is 15.4. The fourth-order valence-corrected chi connectivity index (χ4v) is 3.34. The molecule has 2 aromatic rings. The number of benzene rings is 1. The van der Waals surface area contributed by atoms with E-state index in [-0.39, 0.29) is 23.2 Å². The van der Waals surface area contributed by atoms with E-state index in [1.165, 1.54) is 12.1 Å². The number of nitrogens with zero attached hydrogens (tertiary/aromatic N) is 1. The Bertz CT molecular complexity index is 864. The molecule has 0 radical (unpaired) electrons. The fraction of sp³-hybridized carbons (Fsp3) is 0.400. The summed E-state index contributed by atoms with van der Waals surface area (Å²) in [4.78, 5) is 24.6. The molecular weight excluding hydrogens is 350 g/mol. The number of hydrogen-bond donors (Lipinski definition) is 2. The summed E-state index contributed by atoms with van der Waals surface area (Å²) in [7, 11) is 0. The Kier molecular flexibility index (Phi) is 5.51. The maximum absolute atomic E-state index is 12.5. The molecule has 0 aliphatic carbocycles. The van der Waals surface area contributed by atoms with E-state index >= 15 is 0 Å².